The van der Waals surface area contributed by atoms with Crippen LogP contribution in [0.3, 0.4) is 0 Å². The zero-order valence-corrected chi connectivity index (χ0v) is 17.0. The third-order valence-electron chi connectivity index (χ3n) is 5.65. The summed E-state index contributed by atoms with van der Waals surface area (Å²) in [5.74, 6) is -0.307. The van der Waals surface area contributed by atoms with Gasteiger partial charge in [-0.3, -0.25) is 4.79 Å². The number of carbonyl (C=O) groups is 2. The summed E-state index contributed by atoms with van der Waals surface area (Å²) in [6.07, 6.45) is 3.67. The molecular weight excluding hydrogens is 369 g/mol. The number of anilines is 1. The van der Waals surface area contributed by atoms with Crippen molar-refractivity contribution in [2.45, 2.75) is 45.1 Å². The van der Waals surface area contributed by atoms with Crippen molar-refractivity contribution in [3.63, 3.8) is 0 Å². The van der Waals surface area contributed by atoms with Gasteiger partial charge >= 0.3 is 6.03 Å². The summed E-state index contributed by atoms with van der Waals surface area (Å²) in [6, 6.07) is 13.0. The highest BCUT2D eigenvalue weighted by molar-refractivity contribution is 5.95. The highest BCUT2D eigenvalue weighted by atomic mass is 19.1. The van der Waals surface area contributed by atoms with Gasteiger partial charge in [0.1, 0.15) is 5.82 Å². The molecule has 0 aliphatic heterocycles. The number of urea groups is 1. The molecule has 1 saturated carbocycles. The molecular formula is C23H28FN3O2. The quantitative estimate of drug-likeness (QED) is 0.728. The molecule has 2 aromatic carbocycles. The molecule has 2 aromatic rings. The van der Waals surface area contributed by atoms with Crippen LogP contribution in [0.1, 0.15) is 55.5 Å². The first kappa shape index (κ1) is 20.8. The van der Waals surface area contributed by atoms with Crippen LogP contribution in [0.25, 0.3) is 0 Å². The van der Waals surface area contributed by atoms with E-state index < -0.39 is 5.54 Å². The first-order valence-electron chi connectivity index (χ1n) is 10.2. The second-order valence-electron chi connectivity index (χ2n) is 7.43. The molecule has 1 fully saturated rings. The standard InChI is InChI=1S/C23H28FN3O2/c1-3-27(4-2)21(28)17-7-13-20(14-8-17)25-22(29)26-23(15-5-6-16-23)18-9-11-19(24)12-10-18/h7-14H,3-6,15-16H2,1-2H3,(H2,25,26,29). The maximum atomic E-state index is 13.3. The zero-order valence-electron chi connectivity index (χ0n) is 17.0. The molecule has 154 valence electrons. The van der Waals surface area contributed by atoms with Crippen molar-refractivity contribution >= 4 is 17.6 Å². The molecule has 0 aromatic heterocycles. The van der Waals surface area contributed by atoms with Crippen molar-refractivity contribution in [2.24, 2.45) is 0 Å². The Labute approximate surface area is 171 Å². The van der Waals surface area contributed by atoms with Crippen LogP contribution in [-0.4, -0.2) is 29.9 Å². The van der Waals surface area contributed by atoms with Crippen molar-refractivity contribution in [2.75, 3.05) is 18.4 Å². The molecule has 2 N–H and O–H groups in total. The van der Waals surface area contributed by atoms with Gasteiger partial charge in [0.05, 0.1) is 5.54 Å². The van der Waals surface area contributed by atoms with Crippen LogP contribution in [-0.2, 0) is 5.54 Å². The second kappa shape index (κ2) is 9.07. The van der Waals surface area contributed by atoms with Gasteiger partial charge in [-0.05, 0) is 68.7 Å². The van der Waals surface area contributed by atoms with E-state index in [1.54, 1.807) is 41.3 Å². The summed E-state index contributed by atoms with van der Waals surface area (Å²) in [6.45, 7) is 5.20. The van der Waals surface area contributed by atoms with Gasteiger partial charge in [0.2, 0.25) is 0 Å². The Morgan fingerprint density at radius 2 is 1.55 bits per heavy atom. The van der Waals surface area contributed by atoms with Crippen LogP contribution in [0.15, 0.2) is 48.5 Å². The minimum Gasteiger partial charge on any atom is -0.339 e. The largest absolute Gasteiger partial charge is 0.339 e. The van der Waals surface area contributed by atoms with Crippen LogP contribution in [0.2, 0.25) is 0 Å². The normalized spacial score (nSPS) is 15.0. The van der Waals surface area contributed by atoms with Gasteiger partial charge < -0.3 is 15.5 Å². The summed E-state index contributed by atoms with van der Waals surface area (Å²) in [7, 11) is 0. The smallest absolute Gasteiger partial charge is 0.319 e. The fraction of sp³-hybridized carbons (Fsp3) is 0.391. The Hall–Kier alpha value is -2.89. The molecule has 1 aliphatic rings. The van der Waals surface area contributed by atoms with E-state index in [1.165, 1.54) is 12.1 Å². The Balaban J connectivity index is 1.68. The topological polar surface area (TPSA) is 61.4 Å². The third kappa shape index (κ3) is 4.75. The number of nitrogens with one attached hydrogen (secondary N) is 2. The molecule has 0 atom stereocenters. The third-order valence-corrected chi connectivity index (χ3v) is 5.65. The molecule has 0 spiro atoms. The molecule has 5 nitrogen and oxygen atoms in total. The minimum absolute atomic E-state index is 0.0211. The molecule has 6 heteroatoms. The number of nitrogens with zero attached hydrogens (tertiary/aromatic N) is 1. The minimum atomic E-state index is -0.476. The summed E-state index contributed by atoms with van der Waals surface area (Å²) in [5.41, 5.74) is 1.66. The summed E-state index contributed by atoms with van der Waals surface area (Å²) in [4.78, 5) is 26.8. The first-order valence-corrected chi connectivity index (χ1v) is 10.2. The predicted molar refractivity (Wildman–Crippen MR) is 112 cm³/mol. The molecule has 3 rings (SSSR count). The summed E-state index contributed by atoms with van der Waals surface area (Å²) < 4.78 is 13.3. The highest BCUT2D eigenvalue weighted by Gasteiger charge is 2.37. The van der Waals surface area contributed by atoms with Gasteiger partial charge in [0.25, 0.3) is 5.91 Å². The van der Waals surface area contributed by atoms with E-state index in [2.05, 4.69) is 10.6 Å². The fourth-order valence-electron chi connectivity index (χ4n) is 4.00. The molecule has 3 amide bonds. The SMILES string of the molecule is CCN(CC)C(=O)c1ccc(NC(=O)NC2(c3ccc(F)cc3)CCCC2)cc1. The Morgan fingerprint density at radius 1 is 0.966 bits per heavy atom. The van der Waals surface area contributed by atoms with Gasteiger partial charge in [0, 0.05) is 24.3 Å². The van der Waals surface area contributed by atoms with Crippen molar-refractivity contribution < 1.29 is 14.0 Å². The number of halogens is 1. The van der Waals surface area contributed by atoms with Crippen LogP contribution in [0, 0.1) is 5.82 Å². The molecule has 0 heterocycles. The molecule has 0 bridgehead atoms. The maximum absolute atomic E-state index is 13.3. The number of carbonyl (C=O) groups excluding carboxylic acids is 2. The van der Waals surface area contributed by atoms with E-state index in [4.69, 9.17) is 0 Å². The predicted octanol–water partition coefficient (Wildman–Crippen LogP) is 4.90. The van der Waals surface area contributed by atoms with Gasteiger partial charge in [-0.15, -0.1) is 0 Å². The van der Waals surface area contributed by atoms with Crippen LogP contribution in [0.4, 0.5) is 14.9 Å². The van der Waals surface area contributed by atoms with Gasteiger partial charge in [-0.25, -0.2) is 9.18 Å². The Kier molecular flexibility index (Phi) is 6.52. The maximum Gasteiger partial charge on any atom is 0.319 e. The lowest BCUT2D eigenvalue weighted by molar-refractivity contribution is 0.0773. The second-order valence-corrected chi connectivity index (χ2v) is 7.43. The van der Waals surface area contributed by atoms with Crippen LogP contribution >= 0.6 is 0 Å². The number of rotatable bonds is 6. The lowest BCUT2D eigenvalue weighted by atomic mass is 9.88. The summed E-state index contributed by atoms with van der Waals surface area (Å²) >= 11 is 0. The van der Waals surface area contributed by atoms with E-state index in [0.29, 0.717) is 24.3 Å². The van der Waals surface area contributed by atoms with E-state index in [-0.39, 0.29) is 17.8 Å². The van der Waals surface area contributed by atoms with E-state index >= 15 is 0 Å². The van der Waals surface area contributed by atoms with Gasteiger partial charge in [0.15, 0.2) is 0 Å². The van der Waals surface area contributed by atoms with E-state index in [0.717, 1.165) is 31.2 Å². The lowest BCUT2D eigenvalue weighted by Crippen LogP contribution is -2.45. The van der Waals surface area contributed by atoms with Crippen LogP contribution in [0.5, 0.6) is 0 Å². The molecule has 0 radical (unpaired) electrons. The Morgan fingerprint density at radius 3 is 2.10 bits per heavy atom. The Bertz CT molecular complexity index is 839. The number of benzene rings is 2. The molecule has 1 aliphatic carbocycles. The molecule has 0 saturated heterocycles. The molecule has 29 heavy (non-hydrogen) atoms. The van der Waals surface area contributed by atoms with Crippen molar-refractivity contribution in [1.29, 1.82) is 0 Å². The van der Waals surface area contributed by atoms with Gasteiger partial charge in [-0.2, -0.15) is 0 Å². The highest BCUT2D eigenvalue weighted by Crippen LogP contribution is 2.38. The average molecular weight is 397 g/mol. The zero-order chi connectivity index (χ0) is 20.9. The molecule has 0 unspecified atom stereocenters. The van der Waals surface area contributed by atoms with E-state index in [9.17, 15) is 14.0 Å². The van der Waals surface area contributed by atoms with Crippen molar-refractivity contribution in [1.82, 2.24) is 10.2 Å². The summed E-state index contributed by atoms with van der Waals surface area (Å²) in [5, 5.41) is 5.95. The first-order chi connectivity index (χ1) is 14.0. The van der Waals surface area contributed by atoms with Crippen molar-refractivity contribution in [3.05, 3.63) is 65.5 Å². The number of amides is 3. The van der Waals surface area contributed by atoms with Crippen LogP contribution < -0.4 is 10.6 Å². The van der Waals surface area contributed by atoms with Crippen molar-refractivity contribution in [3.8, 4) is 0 Å². The van der Waals surface area contributed by atoms with E-state index in [1.807, 2.05) is 13.8 Å². The number of hydrogen-bond acceptors (Lipinski definition) is 2. The monoisotopic (exact) mass is 397 g/mol. The number of hydrogen-bond donors (Lipinski definition) is 2. The fourth-order valence-corrected chi connectivity index (χ4v) is 4.00. The lowest BCUT2D eigenvalue weighted by Gasteiger charge is -2.31. The average Bonchev–Trinajstić information content (AvgIpc) is 3.19. The van der Waals surface area contributed by atoms with Gasteiger partial charge in [-0.1, -0.05) is 25.0 Å².